The van der Waals surface area contributed by atoms with Crippen molar-refractivity contribution >= 4 is 17.3 Å². The first kappa shape index (κ1) is 18.9. The molecular weight excluding hydrogens is 346 g/mol. The summed E-state index contributed by atoms with van der Waals surface area (Å²) in [5, 5.41) is 6.93. The third-order valence-electron chi connectivity index (χ3n) is 4.45. The number of carbonyl (C=O) groups excluding carboxylic acids is 1. The predicted molar refractivity (Wildman–Crippen MR) is 104 cm³/mol. The van der Waals surface area contributed by atoms with E-state index in [1.807, 2.05) is 13.0 Å². The van der Waals surface area contributed by atoms with Gasteiger partial charge in [0.15, 0.2) is 0 Å². The van der Waals surface area contributed by atoms with Crippen LogP contribution in [0.25, 0.3) is 0 Å². The summed E-state index contributed by atoms with van der Waals surface area (Å²) < 4.78 is 6.58. The lowest BCUT2D eigenvalue weighted by molar-refractivity contribution is -0.117. The molecule has 8 heteroatoms. The van der Waals surface area contributed by atoms with E-state index in [2.05, 4.69) is 27.3 Å². The van der Waals surface area contributed by atoms with Crippen molar-refractivity contribution < 1.29 is 9.53 Å². The van der Waals surface area contributed by atoms with E-state index in [4.69, 9.17) is 4.74 Å². The molecule has 144 valence electrons. The number of hydrogen-bond donors (Lipinski definition) is 1. The number of ether oxygens (including phenoxy) is 1. The highest BCUT2D eigenvalue weighted by Gasteiger charge is 2.16. The Kier molecular flexibility index (Phi) is 6.08. The van der Waals surface area contributed by atoms with Crippen molar-refractivity contribution in [3.8, 4) is 5.75 Å². The average Bonchev–Trinajstić information content (AvgIpc) is 2.64. The summed E-state index contributed by atoms with van der Waals surface area (Å²) in [7, 11) is 2.08. The first-order valence-corrected chi connectivity index (χ1v) is 9.08. The fourth-order valence-corrected chi connectivity index (χ4v) is 2.95. The SMILES string of the molecule is CCOc1cccc(NC(=O)Cn2ncc(N3CCN(C)CC3)cc2=O)c1. The van der Waals surface area contributed by atoms with E-state index in [-0.39, 0.29) is 18.0 Å². The smallest absolute Gasteiger partial charge is 0.269 e. The molecule has 0 aliphatic carbocycles. The molecule has 1 aromatic heterocycles. The van der Waals surface area contributed by atoms with Crippen LogP contribution < -0.4 is 20.5 Å². The number of likely N-dealkylation sites (N-methyl/N-ethyl adjacent to an activating group) is 1. The Hall–Kier alpha value is -2.87. The third-order valence-corrected chi connectivity index (χ3v) is 4.45. The number of anilines is 2. The molecule has 1 aromatic carbocycles. The lowest BCUT2D eigenvalue weighted by atomic mass is 10.3. The van der Waals surface area contributed by atoms with Crippen LogP contribution in [0.4, 0.5) is 11.4 Å². The van der Waals surface area contributed by atoms with Crippen molar-refractivity contribution in [3.63, 3.8) is 0 Å². The molecule has 3 rings (SSSR count). The van der Waals surface area contributed by atoms with Gasteiger partial charge in [-0.3, -0.25) is 9.59 Å². The highest BCUT2D eigenvalue weighted by molar-refractivity contribution is 5.90. The number of benzene rings is 1. The number of piperazine rings is 1. The molecular formula is C19H25N5O3. The van der Waals surface area contributed by atoms with Crippen LogP contribution in [0, 0.1) is 0 Å². The van der Waals surface area contributed by atoms with E-state index < -0.39 is 0 Å². The van der Waals surface area contributed by atoms with Crippen LogP contribution in [0.5, 0.6) is 5.75 Å². The molecule has 0 unspecified atom stereocenters. The second-order valence-electron chi connectivity index (χ2n) is 6.51. The topological polar surface area (TPSA) is 79.7 Å². The Morgan fingerprint density at radius 2 is 2.00 bits per heavy atom. The number of nitrogens with one attached hydrogen (secondary N) is 1. The zero-order valence-electron chi connectivity index (χ0n) is 15.7. The van der Waals surface area contributed by atoms with Gasteiger partial charge in [0.25, 0.3) is 5.56 Å². The Labute approximate surface area is 158 Å². The minimum atomic E-state index is -0.314. The molecule has 1 saturated heterocycles. The Morgan fingerprint density at radius 1 is 1.22 bits per heavy atom. The Balaban J connectivity index is 1.62. The van der Waals surface area contributed by atoms with Crippen molar-refractivity contribution in [2.75, 3.05) is 50.1 Å². The van der Waals surface area contributed by atoms with Crippen molar-refractivity contribution in [2.24, 2.45) is 0 Å². The summed E-state index contributed by atoms with van der Waals surface area (Å²) in [6.07, 6.45) is 1.65. The molecule has 8 nitrogen and oxygen atoms in total. The molecule has 1 fully saturated rings. The third kappa shape index (κ3) is 5.07. The van der Waals surface area contributed by atoms with Crippen LogP contribution in [0.2, 0.25) is 0 Å². The second kappa shape index (κ2) is 8.68. The highest BCUT2D eigenvalue weighted by atomic mass is 16.5. The number of hydrogen-bond acceptors (Lipinski definition) is 6. The quantitative estimate of drug-likeness (QED) is 0.817. The van der Waals surface area contributed by atoms with Crippen molar-refractivity contribution in [3.05, 3.63) is 46.9 Å². The number of carbonyl (C=O) groups is 1. The summed E-state index contributed by atoms with van der Waals surface area (Å²) in [5.41, 5.74) is 1.13. The summed E-state index contributed by atoms with van der Waals surface area (Å²) in [5.74, 6) is 0.368. The maximum Gasteiger partial charge on any atom is 0.269 e. The number of nitrogens with zero attached hydrogens (tertiary/aromatic N) is 4. The van der Waals surface area contributed by atoms with E-state index >= 15 is 0 Å². The number of rotatable bonds is 6. The standard InChI is InChI=1S/C19H25N5O3/c1-3-27-17-6-4-5-15(11-17)21-18(25)14-24-19(26)12-16(13-20-24)23-9-7-22(2)8-10-23/h4-6,11-13H,3,7-10,14H2,1-2H3,(H,21,25). The molecule has 0 spiro atoms. The van der Waals surface area contributed by atoms with Gasteiger partial charge in [-0.2, -0.15) is 5.10 Å². The van der Waals surface area contributed by atoms with Gasteiger partial charge in [0.2, 0.25) is 5.91 Å². The summed E-state index contributed by atoms with van der Waals surface area (Å²) >= 11 is 0. The van der Waals surface area contributed by atoms with Crippen LogP contribution in [0.1, 0.15) is 6.92 Å². The van der Waals surface area contributed by atoms with Gasteiger partial charge in [-0.05, 0) is 26.1 Å². The molecule has 1 amide bonds. The van der Waals surface area contributed by atoms with E-state index in [9.17, 15) is 9.59 Å². The minimum absolute atomic E-state index is 0.138. The fourth-order valence-electron chi connectivity index (χ4n) is 2.95. The first-order valence-electron chi connectivity index (χ1n) is 9.08. The minimum Gasteiger partial charge on any atom is -0.494 e. The fraction of sp³-hybridized carbons (Fsp3) is 0.421. The van der Waals surface area contributed by atoms with Gasteiger partial charge in [-0.15, -0.1) is 0 Å². The molecule has 1 N–H and O–H groups in total. The van der Waals surface area contributed by atoms with Gasteiger partial charge < -0.3 is 19.9 Å². The molecule has 1 aliphatic rings. The Bertz CT molecular complexity index is 843. The molecule has 0 saturated carbocycles. The lowest BCUT2D eigenvalue weighted by Crippen LogP contribution is -2.45. The van der Waals surface area contributed by atoms with E-state index in [1.165, 1.54) is 4.68 Å². The molecule has 2 heterocycles. The average molecular weight is 371 g/mol. The highest BCUT2D eigenvalue weighted by Crippen LogP contribution is 2.17. The monoisotopic (exact) mass is 371 g/mol. The van der Waals surface area contributed by atoms with Gasteiger partial charge in [-0.25, -0.2) is 4.68 Å². The van der Waals surface area contributed by atoms with Gasteiger partial charge in [0, 0.05) is 44.0 Å². The second-order valence-corrected chi connectivity index (χ2v) is 6.51. The van der Waals surface area contributed by atoms with Crippen molar-refractivity contribution in [1.82, 2.24) is 14.7 Å². The van der Waals surface area contributed by atoms with Gasteiger partial charge >= 0.3 is 0 Å². The van der Waals surface area contributed by atoms with Gasteiger partial charge in [-0.1, -0.05) is 6.07 Å². The maximum absolute atomic E-state index is 12.3. The van der Waals surface area contributed by atoms with E-state index in [1.54, 1.807) is 30.5 Å². The van der Waals surface area contributed by atoms with Crippen LogP contribution >= 0.6 is 0 Å². The van der Waals surface area contributed by atoms with Crippen LogP contribution in [0.3, 0.4) is 0 Å². The largest absolute Gasteiger partial charge is 0.494 e. The summed E-state index contributed by atoms with van der Waals surface area (Å²) in [6.45, 7) is 5.93. The zero-order chi connectivity index (χ0) is 19.2. The molecule has 0 atom stereocenters. The van der Waals surface area contributed by atoms with Gasteiger partial charge in [0.05, 0.1) is 18.5 Å². The normalized spacial score (nSPS) is 14.8. The van der Waals surface area contributed by atoms with Crippen LogP contribution in [-0.2, 0) is 11.3 Å². The lowest BCUT2D eigenvalue weighted by Gasteiger charge is -2.33. The van der Waals surface area contributed by atoms with E-state index in [0.29, 0.717) is 18.0 Å². The maximum atomic E-state index is 12.3. The molecule has 0 radical (unpaired) electrons. The summed E-state index contributed by atoms with van der Waals surface area (Å²) in [4.78, 5) is 29.0. The van der Waals surface area contributed by atoms with E-state index in [0.717, 1.165) is 31.9 Å². The zero-order valence-corrected chi connectivity index (χ0v) is 15.7. The molecule has 2 aromatic rings. The van der Waals surface area contributed by atoms with Crippen LogP contribution in [0.15, 0.2) is 41.3 Å². The number of aromatic nitrogens is 2. The van der Waals surface area contributed by atoms with Crippen molar-refractivity contribution in [1.29, 1.82) is 0 Å². The first-order chi connectivity index (χ1) is 13.0. The molecule has 0 bridgehead atoms. The predicted octanol–water partition coefficient (Wildman–Crippen LogP) is 1.03. The number of amides is 1. The van der Waals surface area contributed by atoms with Crippen molar-refractivity contribution in [2.45, 2.75) is 13.5 Å². The van der Waals surface area contributed by atoms with Crippen LogP contribution in [-0.4, -0.2) is 60.4 Å². The summed E-state index contributed by atoms with van der Waals surface area (Å²) in [6, 6.07) is 8.68. The molecule has 1 aliphatic heterocycles. The molecule has 27 heavy (non-hydrogen) atoms. The van der Waals surface area contributed by atoms with Gasteiger partial charge in [0.1, 0.15) is 12.3 Å². The Morgan fingerprint density at radius 3 is 2.70 bits per heavy atom.